The van der Waals surface area contributed by atoms with Gasteiger partial charge in [0, 0.05) is 37.7 Å². The predicted molar refractivity (Wildman–Crippen MR) is 110 cm³/mol. The molecule has 0 aliphatic carbocycles. The largest absolute Gasteiger partial charge is 0.301 e. The monoisotopic (exact) mass is 426 g/mol. The molecule has 0 saturated carbocycles. The maximum absolute atomic E-state index is 12.3. The van der Waals surface area contributed by atoms with Gasteiger partial charge in [0.15, 0.2) is 5.13 Å². The highest BCUT2D eigenvalue weighted by Crippen LogP contribution is 2.30. The molecule has 0 atom stereocenters. The van der Waals surface area contributed by atoms with Crippen molar-refractivity contribution < 1.29 is 13.2 Å². The van der Waals surface area contributed by atoms with Crippen LogP contribution in [0.5, 0.6) is 0 Å². The average molecular weight is 427 g/mol. The van der Waals surface area contributed by atoms with Gasteiger partial charge in [-0.1, -0.05) is 30.3 Å². The molecule has 1 aromatic carbocycles. The molecule has 0 spiro atoms. The van der Waals surface area contributed by atoms with E-state index in [2.05, 4.69) is 10.3 Å². The number of carbonyl (C=O) groups excluding carboxylic acids is 1. The Bertz CT molecular complexity index is 897. The standard InChI is InChI=1S/C17H22N4O3S3/c1-20(2)27(23,24)21-9-8-14-15(10-21)26-17(18-14)19-16(22)12-25-11-13-6-4-3-5-7-13/h3-7H,8-12H2,1-2H3,(H,18,19,22). The molecule has 1 amide bonds. The quantitative estimate of drug-likeness (QED) is 0.734. The number of benzene rings is 1. The van der Waals surface area contributed by atoms with Gasteiger partial charge in [0.05, 0.1) is 18.0 Å². The number of anilines is 1. The van der Waals surface area contributed by atoms with Crippen molar-refractivity contribution in [2.24, 2.45) is 0 Å². The number of fused-ring (bicyclic) bond motifs is 1. The lowest BCUT2D eigenvalue weighted by molar-refractivity contribution is -0.113. The summed E-state index contributed by atoms with van der Waals surface area (Å²) in [6.07, 6.45) is 0.553. The van der Waals surface area contributed by atoms with Crippen molar-refractivity contribution in [3.63, 3.8) is 0 Å². The van der Waals surface area contributed by atoms with Crippen LogP contribution in [0.1, 0.15) is 16.1 Å². The molecule has 0 bridgehead atoms. The third-order valence-corrected chi connectivity index (χ3v) is 7.96. The first-order valence-corrected chi connectivity index (χ1v) is 11.8. The summed E-state index contributed by atoms with van der Waals surface area (Å²) in [7, 11) is -0.392. The maximum atomic E-state index is 12.3. The zero-order valence-electron chi connectivity index (χ0n) is 15.2. The fourth-order valence-corrected chi connectivity index (χ4v) is 5.63. The first-order chi connectivity index (χ1) is 12.9. The van der Waals surface area contributed by atoms with E-state index in [0.29, 0.717) is 30.4 Å². The fourth-order valence-electron chi connectivity index (χ4n) is 2.64. The minimum Gasteiger partial charge on any atom is -0.301 e. The number of hydrogen-bond acceptors (Lipinski definition) is 6. The lowest BCUT2D eigenvalue weighted by atomic mass is 10.2. The van der Waals surface area contributed by atoms with Crippen LogP contribution in [0.3, 0.4) is 0 Å². The molecule has 7 nitrogen and oxygen atoms in total. The molecule has 3 rings (SSSR count). The number of thioether (sulfide) groups is 1. The van der Waals surface area contributed by atoms with E-state index < -0.39 is 10.2 Å². The van der Waals surface area contributed by atoms with Gasteiger partial charge in [0.1, 0.15) is 0 Å². The van der Waals surface area contributed by atoms with Crippen molar-refractivity contribution in [2.75, 3.05) is 31.7 Å². The molecule has 27 heavy (non-hydrogen) atoms. The third kappa shape index (κ3) is 5.08. The Hall–Kier alpha value is -1.46. The number of hydrogen-bond donors (Lipinski definition) is 1. The summed E-state index contributed by atoms with van der Waals surface area (Å²) in [5.74, 6) is 1.03. The highest BCUT2D eigenvalue weighted by atomic mass is 32.2. The van der Waals surface area contributed by atoms with Crippen LogP contribution >= 0.6 is 23.1 Å². The first kappa shape index (κ1) is 20.3. The number of nitrogens with one attached hydrogen (secondary N) is 1. The van der Waals surface area contributed by atoms with Crippen LogP contribution in [0, 0.1) is 0 Å². The molecule has 1 aromatic heterocycles. The Morgan fingerprint density at radius 3 is 2.78 bits per heavy atom. The highest BCUT2D eigenvalue weighted by molar-refractivity contribution is 7.99. The molecule has 10 heteroatoms. The van der Waals surface area contributed by atoms with Gasteiger partial charge in [0.25, 0.3) is 10.2 Å². The van der Waals surface area contributed by atoms with E-state index in [9.17, 15) is 13.2 Å². The van der Waals surface area contributed by atoms with Crippen LogP contribution in [0.4, 0.5) is 5.13 Å². The molecule has 0 saturated heterocycles. The zero-order chi connectivity index (χ0) is 19.4. The summed E-state index contributed by atoms with van der Waals surface area (Å²) in [5, 5.41) is 3.37. The van der Waals surface area contributed by atoms with Gasteiger partial charge in [-0.3, -0.25) is 4.79 Å². The fraction of sp³-hybridized carbons (Fsp3) is 0.412. The van der Waals surface area contributed by atoms with Crippen molar-refractivity contribution in [3.8, 4) is 0 Å². The number of amides is 1. The molecule has 2 aromatic rings. The highest BCUT2D eigenvalue weighted by Gasteiger charge is 2.30. The average Bonchev–Trinajstić information content (AvgIpc) is 3.03. The minimum atomic E-state index is -3.44. The second-order valence-electron chi connectivity index (χ2n) is 6.29. The summed E-state index contributed by atoms with van der Waals surface area (Å²) in [6.45, 7) is 0.698. The SMILES string of the molecule is CN(C)S(=O)(=O)N1CCc2nc(NC(=O)CSCc3ccccc3)sc2C1. The lowest BCUT2D eigenvalue weighted by Crippen LogP contribution is -2.42. The normalized spacial score (nSPS) is 14.9. The second kappa shape index (κ2) is 8.70. The van der Waals surface area contributed by atoms with Gasteiger partial charge in [0.2, 0.25) is 5.91 Å². The van der Waals surface area contributed by atoms with Crippen LogP contribution in [-0.2, 0) is 33.7 Å². The van der Waals surface area contributed by atoms with E-state index in [4.69, 9.17) is 0 Å². The molecule has 1 aliphatic rings. The Morgan fingerprint density at radius 2 is 2.07 bits per heavy atom. The summed E-state index contributed by atoms with van der Waals surface area (Å²) in [5.41, 5.74) is 2.06. The van der Waals surface area contributed by atoms with Crippen LogP contribution in [0.25, 0.3) is 0 Å². The topological polar surface area (TPSA) is 82.6 Å². The van der Waals surface area contributed by atoms with Crippen molar-refractivity contribution in [3.05, 3.63) is 46.5 Å². The van der Waals surface area contributed by atoms with Gasteiger partial charge in [-0.25, -0.2) is 4.98 Å². The molecule has 0 radical (unpaired) electrons. The molecule has 146 valence electrons. The number of aromatic nitrogens is 1. The van der Waals surface area contributed by atoms with Gasteiger partial charge >= 0.3 is 0 Å². The Labute approximate surface area is 168 Å². The van der Waals surface area contributed by atoms with Crippen molar-refractivity contribution in [2.45, 2.75) is 18.7 Å². The van der Waals surface area contributed by atoms with E-state index in [0.717, 1.165) is 16.3 Å². The first-order valence-electron chi connectivity index (χ1n) is 8.44. The number of rotatable bonds is 7. The van der Waals surface area contributed by atoms with Crippen molar-refractivity contribution in [1.82, 2.24) is 13.6 Å². The molecule has 0 fully saturated rings. The Morgan fingerprint density at radius 1 is 1.33 bits per heavy atom. The summed E-state index contributed by atoms with van der Waals surface area (Å²) in [6, 6.07) is 10.0. The van der Waals surface area contributed by atoms with Gasteiger partial charge in [-0.2, -0.15) is 17.0 Å². The van der Waals surface area contributed by atoms with Crippen LogP contribution < -0.4 is 5.32 Å². The van der Waals surface area contributed by atoms with Gasteiger partial charge in [-0.05, 0) is 5.56 Å². The van der Waals surface area contributed by atoms with E-state index in [1.807, 2.05) is 30.3 Å². The Balaban J connectivity index is 1.54. The molecule has 0 unspecified atom stereocenters. The number of thiazole rings is 1. The van der Waals surface area contributed by atoms with Gasteiger partial charge in [-0.15, -0.1) is 23.1 Å². The summed E-state index contributed by atoms with van der Waals surface area (Å²) < 4.78 is 27.2. The minimum absolute atomic E-state index is 0.0974. The predicted octanol–water partition coefficient (Wildman–Crippen LogP) is 2.18. The van der Waals surface area contributed by atoms with Crippen molar-refractivity contribution >= 4 is 44.3 Å². The van der Waals surface area contributed by atoms with Crippen LogP contribution in [-0.4, -0.2) is 54.3 Å². The molecule has 1 N–H and O–H groups in total. The number of nitrogens with zero attached hydrogens (tertiary/aromatic N) is 3. The summed E-state index contributed by atoms with van der Waals surface area (Å²) in [4.78, 5) is 17.5. The maximum Gasteiger partial charge on any atom is 0.281 e. The van der Waals surface area contributed by atoms with E-state index >= 15 is 0 Å². The molecule has 2 heterocycles. The number of carbonyl (C=O) groups is 1. The van der Waals surface area contributed by atoms with Crippen molar-refractivity contribution in [1.29, 1.82) is 0 Å². The summed E-state index contributed by atoms with van der Waals surface area (Å²) >= 11 is 2.90. The molecule has 1 aliphatic heterocycles. The van der Waals surface area contributed by atoms with E-state index in [1.165, 1.54) is 39.6 Å². The van der Waals surface area contributed by atoms with Gasteiger partial charge < -0.3 is 5.32 Å². The van der Waals surface area contributed by atoms with E-state index in [1.54, 1.807) is 11.8 Å². The third-order valence-electron chi connectivity index (χ3n) is 4.08. The van der Waals surface area contributed by atoms with Crippen LogP contribution in [0.2, 0.25) is 0 Å². The smallest absolute Gasteiger partial charge is 0.281 e. The van der Waals surface area contributed by atoms with E-state index in [-0.39, 0.29) is 5.91 Å². The Kier molecular flexibility index (Phi) is 6.53. The molecular formula is C17H22N4O3S3. The van der Waals surface area contributed by atoms with Crippen LogP contribution in [0.15, 0.2) is 30.3 Å². The molecular weight excluding hydrogens is 404 g/mol. The zero-order valence-corrected chi connectivity index (χ0v) is 17.7. The second-order valence-corrected chi connectivity index (χ2v) is 10.5. The lowest BCUT2D eigenvalue weighted by Gasteiger charge is -2.27.